The second-order valence-electron chi connectivity index (χ2n) is 11.6. The number of nitrogens with two attached hydrogens (primary N) is 1. The van der Waals surface area contributed by atoms with E-state index in [0.29, 0.717) is 64.1 Å². The van der Waals surface area contributed by atoms with E-state index in [0.717, 1.165) is 29.4 Å². The van der Waals surface area contributed by atoms with Crippen molar-refractivity contribution in [1.29, 1.82) is 0 Å². The molecule has 16 nitrogen and oxygen atoms in total. The van der Waals surface area contributed by atoms with Crippen LogP contribution in [0.2, 0.25) is 0 Å². The number of carbonyl (C=O) groups is 2. The Balaban J connectivity index is 0.000000360. The second kappa shape index (κ2) is 25.7. The average Bonchev–Trinajstić information content (AvgIpc) is 3.61. The van der Waals surface area contributed by atoms with Crippen molar-refractivity contribution < 1.29 is 58.6 Å². The van der Waals surface area contributed by atoms with Crippen molar-refractivity contribution in [3.63, 3.8) is 0 Å². The minimum absolute atomic E-state index is 0.0307. The summed E-state index contributed by atoms with van der Waals surface area (Å²) in [6, 6.07) is 8.09. The van der Waals surface area contributed by atoms with E-state index in [1.54, 1.807) is 24.7 Å². The molecule has 2 aromatic carbocycles. The fourth-order valence-electron chi connectivity index (χ4n) is 5.47. The molecule has 3 aromatic heterocycles. The number of hydrogen-bond acceptors (Lipinski definition) is 12. The molecular weight excluding hydrogens is 1460 g/mol. The van der Waals surface area contributed by atoms with Crippen LogP contribution in [0, 0.1) is 13.8 Å². The Morgan fingerprint density at radius 1 is 0.864 bits per heavy atom. The van der Waals surface area contributed by atoms with Crippen LogP contribution in [0.25, 0.3) is 22.4 Å². The Morgan fingerprint density at radius 3 is 1.90 bits per heavy atom. The summed E-state index contributed by atoms with van der Waals surface area (Å²) < 4.78 is 60.7. The van der Waals surface area contributed by atoms with Gasteiger partial charge in [0.2, 0.25) is 0 Å². The number of anilines is 1. The van der Waals surface area contributed by atoms with Gasteiger partial charge in [-0.1, -0.05) is 13.3 Å². The molecule has 26 heteroatoms. The number of nitrogens with zero attached hydrogens (tertiary/aromatic N) is 6. The van der Waals surface area contributed by atoms with Crippen LogP contribution < -0.4 is 33.8 Å². The number of benzene rings is 2. The third-order valence-electron chi connectivity index (χ3n) is 7.65. The summed E-state index contributed by atoms with van der Waals surface area (Å²) in [4.78, 5) is 33.6. The van der Waals surface area contributed by atoms with E-state index < -0.39 is 29.9 Å². The molecule has 0 spiro atoms. The van der Waals surface area contributed by atoms with Crippen LogP contribution >= 0.6 is 98.6 Å². The van der Waals surface area contributed by atoms with Crippen molar-refractivity contribution in [3.8, 4) is 22.9 Å². The molecule has 0 atom stereocenters. The first-order valence-corrected chi connectivity index (χ1v) is 42.9. The SMILES string of the molecule is CCCc1nn(C)c(C(N)=O)c1NC(=O)c1cc(S(=O)(=O)Cl)ccc1OCC.CCOc1ccc(S(=O)(=O)Cl)cc1-c1nc(C)c2c(n1)c(C)nn2C.I[I-]I.[I][V][I]. The van der Waals surface area contributed by atoms with Gasteiger partial charge in [0, 0.05) is 35.5 Å². The summed E-state index contributed by atoms with van der Waals surface area (Å²) >= 11 is 10.0. The van der Waals surface area contributed by atoms with Gasteiger partial charge in [-0.05, 0) is 70.5 Å². The van der Waals surface area contributed by atoms with E-state index in [-0.39, 0.29) is 39.1 Å². The molecule has 0 bridgehead atoms. The van der Waals surface area contributed by atoms with Crippen molar-refractivity contribution in [2.75, 3.05) is 18.5 Å². The maximum atomic E-state index is 12.9. The minimum atomic E-state index is -4.05. The molecular formula is C33H38Cl2I5N8O8S2V-. The quantitative estimate of drug-likeness (QED) is 0.116. The first-order chi connectivity index (χ1) is 27.6. The van der Waals surface area contributed by atoms with Crippen LogP contribution in [0.5, 0.6) is 11.5 Å². The van der Waals surface area contributed by atoms with Crippen LogP contribution in [-0.2, 0) is 48.1 Å². The number of aryl methyl sites for hydroxylation is 5. The van der Waals surface area contributed by atoms with Gasteiger partial charge in [0.05, 0.1) is 56.9 Å². The zero-order chi connectivity index (χ0) is 44.8. The average molecular weight is 1500 g/mol. The van der Waals surface area contributed by atoms with E-state index in [2.05, 4.69) is 103 Å². The summed E-state index contributed by atoms with van der Waals surface area (Å²) in [5.74, 6) is -0.405. The van der Waals surface area contributed by atoms with Crippen LogP contribution in [0.15, 0.2) is 46.2 Å². The van der Waals surface area contributed by atoms with Gasteiger partial charge in [0.15, 0.2) is 5.82 Å². The summed E-state index contributed by atoms with van der Waals surface area (Å²) in [6.07, 6.45) is 1.23. The topological polar surface area (TPSA) is 220 Å². The monoisotopic (exact) mass is 1490 g/mol. The van der Waals surface area contributed by atoms with Crippen molar-refractivity contribution >= 4 is 145 Å². The first-order valence-electron chi connectivity index (χ1n) is 16.7. The number of nitrogens with one attached hydrogen (secondary N) is 1. The van der Waals surface area contributed by atoms with E-state index in [4.69, 9.17) is 36.6 Å². The number of primary amides is 1. The number of halogens is 7. The van der Waals surface area contributed by atoms with Crippen molar-refractivity contribution in [2.24, 2.45) is 19.8 Å². The molecule has 0 saturated heterocycles. The van der Waals surface area contributed by atoms with Gasteiger partial charge >= 0.3 is 99.9 Å². The molecule has 5 rings (SSSR count). The molecule has 0 aliphatic rings. The number of rotatable bonds is 12. The van der Waals surface area contributed by atoms with Crippen LogP contribution in [0.1, 0.15) is 65.1 Å². The number of aromatic nitrogens is 6. The molecule has 0 saturated carbocycles. The molecule has 0 aliphatic heterocycles. The van der Waals surface area contributed by atoms with Crippen molar-refractivity contribution in [1.82, 2.24) is 29.5 Å². The number of amides is 2. The molecule has 2 amide bonds. The van der Waals surface area contributed by atoms with E-state index in [1.807, 2.05) is 34.7 Å². The molecule has 0 radical (unpaired) electrons. The zero-order valence-electron chi connectivity index (χ0n) is 32.2. The molecule has 3 N–H and O–H groups in total. The predicted octanol–water partition coefficient (Wildman–Crippen LogP) is 5.57. The number of ether oxygens (including phenoxy) is 2. The fraction of sp³-hybridized carbons (Fsp3) is 0.333. The van der Waals surface area contributed by atoms with Crippen LogP contribution in [0.3, 0.4) is 0 Å². The Bertz CT molecular complexity index is 2500. The van der Waals surface area contributed by atoms with Gasteiger partial charge in [-0.3, -0.25) is 19.0 Å². The summed E-state index contributed by atoms with van der Waals surface area (Å²) in [7, 11) is 6.94. The standard InChI is InChI=1S/C17H21ClN4O5S.C16H17ClN4O3S.I3.2HI.V/c1-4-6-12-14(15(16(19)23)22(3)21-12)20-17(24)11-9-10(28(18,25)26)7-8-13(11)27-5-2;1-5-24-13-7-6-11(25(17,22)23)8-12(13)16-18-10(3)15-14(19-16)9(2)20-21(15)4;1-3-2;;;/h7-9H,4-6H2,1-3H3,(H2,19,23)(H,20,24);6-8H,5H2,1-4H3;;2*1H;/q;;-1;;;+2/p-2. The van der Waals surface area contributed by atoms with E-state index >= 15 is 0 Å². The third kappa shape index (κ3) is 15.6. The summed E-state index contributed by atoms with van der Waals surface area (Å²) in [6.45, 7) is 9.89. The fourth-order valence-corrected chi connectivity index (χ4v) is 7.03. The number of carbonyl (C=O) groups excluding carboxylic acids is 2. The molecule has 59 heavy (non-hydrogen) atoms. The Morgan fingerprint density at radius 2 is 1.39 bits per heavy atom. The first kappa shape index (κ1) is 54.6. The third-order valence-corrected chi connectivity index (χ3v) is 10.4. The zero-order valence-corrected chi connectivity index (χ0v) is 47.6. The molecule has 5 aromatic rings. The molecule has 325 valence electrons. The summed E-state index contributed by atoms with van der Waals surface area (Å²) in [5.41, 5.74) is 9.61. The molecule has 0 aliphatic carbocycles. The Hall–Kier alpha value is -0.546. The number of fused-ring (bicyclic) bond motifs is 1. The van der Waals surface area contributed by atoms with Gasteiger partial charge in [-0.25, -0.2) is 26.8 Å². The van der Waals surface area contributed by atoms with Crippen molar-refractivity contribution in [2.45, 2.75) is 57.3 Å². The van der Waals surface area contributed by atoms with Gasteiger partial charge in [0.1, 0.15) is 28.2 Å². The van der Waals surface area contributed by atoms with Gasteiger partial charge in [-0.15, -0.1) is 0 Å². The van der Waals surface area contributed by atoms with Gasteiger partial charge in [-0.2, -0.15) is 10.2 Å². The second-order valence-corrected chi connectivity index (χ2v) is 44.7. The maximum absolute atomic E-state index is 12.9. The van der Waals surface area contributed by atoms with Crippen molar-refractivity contribution in [3.05, 3.63) is 64.7 Å². The number of hydrogen-bond donors (Lipinski definition) is 2. The van der Waals surface area contributed by atoms with E-state index in [1.165, 1.54) is 28.9 Å². The molecule has 0 fully saturated rings. The Kier molecular flexibility index (Phi) is 23.8. The van der Waals surface area contributed by atoms with Gasteiger partial charge in [0.25, 0.3) is 29.9 Å². The molecule has 3 heterocycles. The van der Waals surface area contributed by atoms with E-state index in [9.17, 15) is 26.4 Å². The van der Waals surface area contributed by atoms with Crippen LogP contribution in [0.4, 0.5) is 5.69 Å². The normalized spacial score (nSPS) is 11.0. The Labute approximate surface area is 410 Å². The summed E-state index contributed by atoms with van der Waals surface area (Å²) in [5, 5.41) is 11.2. The molecule has 0 unspecified atom stereocenters. The van der Waals surface area contributed by atoms with Gasteiger partial charge < -0.3 is 20.5 Å². The predicted molar refractivity (Wildman–Crippen MR) is 256 cm³/mol. The van der Waals surface area contributed by atoms with Crippen LogP contribution in [-0.4, -0.2) is 71.4 Å².